The van der Waals surface area contributed by atoms with E-state index in [1.165, 1.54) is 32.6 Å². The highest BCUT2D eigenvalue weighted by Gasteiger charge is 2.63. The van der Waals surface area contributed by atoms with Crippen molar-refractivity contribution in [3.05, 3.63) is 0 Å². The fraction of sp³-hybridized carbons (Fsp3) is 0.880. The van der Waals surface area contributed by atoms with Crippen molar-refractivity contribution in [2.24, 2.45) is 34.5 Å². The number of hydrogen-bond donors (Lipinski definition) is 2. The van der Waals surface area contributed by atoms with Crippen LogP contribution in [0.3, 0.4) is 0 Å². The number of carbonyl (C=O) groups is 3. The molecular weight excluding hydrogens is 392 g/mol. The van der Waals surface area contributed by atoms with E-state index < -0.39 is 0 Å². The molecule has 0 aliphatic heterocycles. The van der Waals surface area contributed by atoms with Crippen LogP contribution in [-0.2, 0) is 19.1 Å². The van der Waals surface area contributed by atoms with Crippen LogP contribution in [0.25, 0.3) is 0 Å². The third-order valence-electron chi connectivity index (χ3n) is 9.72. The molecule has 4 saturated carbocycles. The van der Waals surface area contributed by atoms with Gasteiger partial charge in [0.1, 0.15) is 6.10 Å². The Labute approximate surface area is 186 Å². The van der Waals surface area contributed by atoms with Gasteiger partial charge in [0, 0.05) is 32.2 Å². The Bertz CT molecular complexity index is 754. The molecule has 4 aliphatic rings. The number of nitrogens with one attached hydrogen (secondary N) is 2. The van der Waals surface area contributed by atoms with E-state index in [1.807, 2.05) is 0 Å². The number of rotatable bonds is 3. The van der Waals surface area contributed by atoms with Gasteiger partial charge in [0.15, 0.2) is 0 Å². The summed E-state index contributed by atoms with van der Waals surface area (Å²) < 4.78 is 5.87. The molecule has 0 bridgehead atoms. The molecule has 0 radical (unpaired) electrons. The van der Waals surface area contributed by atoms with Gasteiger partial charge in [0.2, 0.25) is 11.8 Å². The quantitative estimate of drug-likeness (QED) is 0.668. The molecule has 0 saturated heterocycles. The molecule has 2 amide bonds. The average Bonchev–Trinajstić information content (AvgIpc) is 2.92. The van der Waals surface area contributed by atoms with Crippen LogP contribution in [0.5, 0.6) is 0 Å². The molecule has 0 aromatic heterocycles. The van der Waals surface area contributed by atoms with Gasteiger partial charge in [-0.25, -0.2) is 0 Å². The zero-order chi connectivity index (χ0) is 22.6. The second-order valence-corrected chi connectivity index (χ2v) is 11.4. The fourth-order valence-electron chi connectivity index (χ4n) is 8.47. The first-order chi connectivity index (χ1) is 14.5. The van der Waals surface area contributed by atoms with Crippen molar-refractivity contribution in [3.63, 3.8) is 0 Å². The van der Waals surface area contributed by atoms with Gasteiger partial charge in [-0.15, -0.1) is 0 Å². The van der Waals surface area contributed by atoms with Crippen molar-refractivity contribution >= 4 is 17.8 Å². The lowest BCUT2D eigenvalue weighted by atomic mass is 9.45. The lowest BCUT2D eigenvalue weighted by Crippen LogP contribution is -2.56. The van der Waals surface area contributed by atoms with Crippen LogP contribution in [0.4, 0.5) is 0 Å². The van der Waals surface area contributed by atoms with Gasteiger partial charge in [0.25, 0.3) is 0 Å². The molecular formula is C25H40N2O4. The average molecular weight is 433 g/mol. The van der Waals surface area contributed by atoms with E-state index in [0.717, 1.165) is 25.7 Å². The van der Waals surface area contributed by atoms with Crippen LogP contribution < -0.4 is 10.6 Å². The molecule has 9 atom stereocenters. The monoisotopic (exact) mass is 432 g/mol. The van der Waals surface area contributed by atoms with Crippen LogP contribution in [0.1, 0.15) is 86.0 Å². The van der Waals surface area contributed by atoms with Gasteiger partial charge in [0.05, 0.1) is 6.04 Å². The Morgan fingerprint density at radius 1 is 0.806 bits per heavy atom. The maximum atomic E-state index is 11.9. The molecule has 0 aromatic carbocycles. The third kappa shape index (κ3) is 3.89. The first kappa shape index (κ1) is 22.6. The highest BCUT2D eigenvalue weighted by Crippen LogP contribution is 2.66. The minimum absolute atomic E-state index is 0.0482. The van der Waals surface area contributed by atoms with Crippen LogP contribution in [0.15, 0.2) is 0 Å². The zero-order valence-electron chi connectivity index (χ0n) is 19.8. The SMILES string of the molecule is CC(=O)NC1CC2C3CCC4C[C@@H](NC(C)=O)CC[C@]4(C)C3CC[C@]2(C)[C@H]1OC(C)=O. The molecule has 0 spiro atoms. The van der Waals surface area contributed by atoms with Gasteiger partial charge in [-0.3, -0.25) is 14.4 Å². The Hall–Kier alpha value is -1.59. The molecule has 4 aliphatic carbocycles. The zero-order valence-corrected chi connectivity index (χ0v) is 19.8. The Balaban J connectivity index is 1.56. The molecule has 2 N–H and O–H groups in total. The van der Waals surface area contributed by atoms with Crippen molar-refractivity contribution in [2.45, 2.75) is 104 Å². The molecule has 174 valence electrons. The first-order valence-corrected chi connectivity index (χ1v) is 12.3. The van der Waals surface area contributed by atoms with Gasteiger partial charge in [-0.05, 0) is 80.5 Å². The topological polar surface area (TPSA) is 84.5 Å². The molecule has 31 heavy (non-hydrogen) atoms. The van der Waals surface area contributed by atoms with E-state index in [-0.39, 0.29) is 35.3 Å². The van der Waals surface area contributed by atoms with E-state index in [9.17, 15) is 14.4 Å². The number of esters is 1. The third-order valence-corrected chi connectivity index (χ3v) is 9.72. The predicted octanol–water partition coefficient (Wildman–Crippen LogP) is 3.58. The summed E-state index contributed by atoms with van der Waals surface area (Å²) in [5.41, 5.74) is 0.249. The second kappa shape index (κ2) is 8.08. The predicted molar refractivity (Wildman–Crippen MR) is 118 cm³/mol. The maximum absolute atomic E-state index is 11.9. The summed E-state index contributed by atoms with van der Waals surface area (Å²) in [6, 6.07) is 0.237. The molecule has 6 heteroatoms. The van der Waals surface area contributed by atoms with Crippen LogP contribution in [0.2, 0.25) is 0 Å². The lowest BCUT2D eigenvalue weighted by molar-refractivity contribution is -0.163. The van der Waals surface area contributed by atoms with Crippen LogP contribution >= 0.6 is 0 Å². The molecule has 6 nitrogen and oxygen atoms in total. The molecule has 0 heterocycles. The minimum atomic E-state index is -0.253. The second-order valence-electron chi connectivity index (χ2n) is 11.4. The highest BCUT2D eigenvalue weighted by molar-refractivity contribution is 5.74. The maximum Gasteiger partial charge on any atom is 0.302 e. The van der Waals surface area contributed by atoms with E-state index in [2.05, 4.69) is 24.5 Å². The van der Waals surface area contributed by atoms with E-state index in [0.29, 0.717) is 35.1 Å². The van der Waals surface area contributed by atoms with Crippen LogP contribution in [0, 0.1) is 34.5 Å². The van der Waals surface area contributed by atoms with E-state index in [1.54, 1.807) is 13.8 Å². The van der Waals surface area contributed by atoms with Gasteiger partial charge >= 0.3 is 5.97 Å². The van der Waals surface area contributed by atoms with Crippen molar-refractivity contribution in [2.75, 3.05) is 0 Å². The Morgan fingerprint density at radius 2 is 1.48 bits per heavy atom. The van der Waals surface area contributed by atoms with E-state index in [4.69, 9.17) is 4.74 Å². The summed E-state index contributed by atoms with van der Waals surface area (Å²) in [6.45, 7) is 9.46. The van der Waals surface area contributed by atoms with Gasteiger partial charge < -0.3 is 15.4 Å². The number of carbonyl (C=O) groups excluding carboxylic acids is 3. The summed E-state index contributed by atoms with van der Waals surface area (Å²) in [4.78, 5) is 35.4. The van der Waals surface area contributed by atoms with Gasteiger partial charge in [-0.2, -0.15) is 0 Å². The number of amides is 2. The van der Waals surface area contributed by atoms with Crippen molar-refractivity contribution in [1.82, 2.24) is 10.6 Å². The lowest BCUT2D eigenvalue weighted by Gasteiger charge is -2.60. The summed E-state index contributed by atoms with van der Waals surface area (Å²) in [7, 11) is 0. The van der Waals surface area contributed by atoms with Gasteiger partial charge in [-0.1, -0.05) is 13.8 Å². The summed E-state index contributed by atoms with van der Waals surface area (Å²) in [6.07, 6.45) is 8.65. The normalized spacial score (nSPS) is 46.2. The Kier molecular flexibility index (Phi) is 5.89. The number of fused-ring (bicyclic) bond motifs is 5. The summed E-state index contributed by atoms with van der Waals surface area (Å²) >= 11 is 0. The van der Waals surface area contributed by atoms with Crippen LogP contribution in [-0.4, -0.2) is 36.0 Å². The van der Waals surface area contributed by atoms with Crippen molar-refractivity contribution in [1.29, 1.82) is 0 Å². The molecule has 4 fully saturated rings. The number of hydrogen-bond acceptors (Lipinski definition) is 4. The first-order valence-electron chi connectivity index (χ1n) is 12.3. The Morgan fingerprint density at radius 3 is 2.13 bits per heavy atom. The van der Waals surface area contributed by atoms with Crippen molar-refractivity contribution in [3.8, 4) is 0 Å². The van der Waals surface area contributed by atoms with Crippen molar-refractivity contribution < 1.29 is 19.1 Å². The minimum Gasteiger partial charge on any atom is -0.460 e. The molecule has 5 unspecified atom stereocenters. The standard InChI is InChI=1S/C25H40N2O4/c1-14(28)26-18-8-10-24(4)17(12-18)6-7-19-20(24)9-11-25(5)21(19)13-22(27-15(2)29)23(25)31-16(3)30/h17-23H,6-13H2,1-5H3,(H,26,28)(H,27,29)/t17?,18-,19?,20?,21?,22?,23-,24-,25-/m0/s1. The molecule has 4 rings (SSSR count). The summed E-state index contributed by atoms with van der Waals surface area (Å²) in [5, 5.41) is 6.28. The highest BCUT2D eigenvalue weighted by atomic mass is 16.5. The largest absolute Gasteiger partial charge is 0.460 e. The molecule has 0 aromatic rings. The smallest absolute Gasteiger partial charge is 0.302 e. The van der Waals surface area contributed by atoms with E-state index >= 15 is 0 Å². The number of ether oxygens (including phenoxy) is 1. The summed E-state index contributed by atoms with van der Waals surface area (Å²) in [5.74, 6) is 2.22. The fourth-order valence-corrected chi connectivity index (χ4v) is 8.47.